The maximum Gasteiger partial charge on any atom is 0.303 e. The first-order valence-electron chi connectivity index (χ1n) is 12.5. The molecule has 198 valence electrons. The van der Waals surface area contributed by atoms with Crippen LogP contribution in [0.1, 0.15) is 40.3 Å². The van der Waals surface area contributed by atoms with Crippen LogP contribution in [0.25, 0.3) is 18.2 Å². The highest BCUT2D eigenvalue weighted by Crippen LogP contribution is 2.19. The van der Waals surface area contributed by atoms with Gasteiger partial charge in [-0.15, -0.1) is 0 Å². The molecule has 0 radical (unpaired) electrons. The molecule has 0 spiro atoms. The van der Waals surface area contributed by atoms with Gasteiger partial charge in [0, 0.05) is 6.92 Å². The van der Waals surface area contributed by atoms with Crippen LogP contribution in [0.2, 0.25) is 0 Å². The topological polar surface area (TPSA) is 54.0 Å². The Morgan fingerprint density at radius 2 is 0.895 bits per heavy atom. The van der Waals surface area contributed by atoms with Crippen LogP contribution < -0.4 is 0 Å². The quantitative estimate of drug-likeness (QED) is 0.196. The Kier molecular flexibility index (Phi) is 11.2. The Hall–Kier alpha value is -3.77. The fraction of sp³-hybridized carbons (Fsp3) is 0.242. The molecule has 0 aromatic heterocycles. The van der Waals surface area contributed by atoms with E-state index in [9.17, 15) is 4.79 Å². The Balaban J connectivity index is 1.68. The molecule has 0 bridgehead atoms. The summed E-state index contributed by atoms with van der Waals surface area (Å²) in [5.74, 6) is -0.429. The summed E-state index contributed by atoms with van der Waals surface area (Å²) in [6, 6.07) is 23.8. The van der Waals surface area contributed by atoms with Crippen molar-refractivity contribution in [2.75, 3.05) is 19.8 Å². The summed E-state index contributed by atoms with van der Waals surface area (Å²) in [7, 11) is 0. The van der Waals surface area contributed by atoms with Crippen molar-refractivity contribution in [1.82, 2.24) is 0 Å². The van der Waals surface area contributed by atoms with Gasteiger partial charge in [0.2, 0.25) is 0 Å². The molecule has 0 unspecified atom stereocenters. The second kappa shape index (κ2) is 14.8. The monoisotopic (exact) mass is 512 g/mol. The fourth-order valence-electron chi connectivity index (χ4n) is 3.83. The van der Waals surface area contributed by atoms with E-state index >= 15 is 0 Å². The predicted molar refractivity (Wildman–Crippen MR) is 153 cm³/mol. The minimum absolute atomic E-state index is 0.112. The Morgan fingerprint density at radius 3 is 1.13 bits per heavy atom. The zero-order valence-corrected chi connectivity index (χ0v) is 22.1. The van der Waals surface area contributed by atoms with Gasteiger partial charge in [0.25, 0.3) is 0 Å². The Bertz CT molecular complexity index is 1040. The molecule has 0 atom stereocenters. The van der Waals surface area contributed by atoms with Gasteiger partial charge < -0.3 is 18.9 Å². The highest BCUT2D eigenvalue weighted by atomic mass is 16.6. The molecule has 0 aliphatic rings. The molecule has 3 aromatic carbocycles. The van der Waals surface area contributed by atoms with Crippen LogP contribution in [0.4, 0.5) is 0 Å². The number of carbonyl (C=O) groups excluding carboxylic acids is 1. The zero-order chi connectivity index (χ0) is 27.2. The van der Waals surface area contributed by atoms with Gasteiger partial charge in [0.05, 0.1) is 39.6 Å². The lowest BCUT2D eigenvalue weighted by molar-refractivity contribution is -0.188. The highest BCUT2D eigenvalue weighted by molar-refractivity contribution is 5.66. The standard InChI is InChI=1S/C33H36O5/c1-5-27-8-14-30(15-9-27)20-35-23-33(38-26(4)34,24-36-21-31-16-10-28(6-2)11-17-31)25-37-22-32-18-12-29(7-3)13-19-32/h5-19H,1-3,20-25H2,4H3. The molecule has 0 heterocycles. The van der Waals surface area contributed by atoms with Crippen molar-refractivity contribution in [1.29, 1.82) is 0 Å². The van der Waals surface area contributed by atoms with E-state index in [1.165, 1.54) is 6.92 Å². The molecule has 3 aromatic rings. The Labute approximate surface area is 226 Å². The van der Waals surface area contributed by atoms with Crippen molar-refractivity contribution in [3.63, 3.8) is 0 Å². The number of rotatable bonds is 16. The first-order valence-corrected chi connectivity index (χ1v) is 12.5. The molecule has 38 heavy (non-hydrogen) atoms. The van der Waals surface area contributed by atoms with Gasteiger partial charge in [0.15, 0.2) is 5.60 Å². The second-order valence-electron chi connectivity index (χ2n) is 9.09. The van der Waals surface area contributed by atoms with Crippen molar-refractivity contribution >= 4 is 24.2 Å². The largest absolute Gasteiger partial charge is 0.452 e. The fourth-order valence-corrected chi connectivity index (χ4v) is 3.83. The number of hydrogen-bond donors (Lipinski definition) is 0. The Morgan fingerprint density at radius 1 is 0.605 bits per heavy atom. The third kappa shape index (κ3) is 9.27. The van der Waals surface area contributed by atoms with Crippen molar-refractivity contribution in [3.8, 4) is 0 Å². The normalized spacial score (nSPS) is 11.1. The van der Waals surface area contributed by atoms with E-state index < -0.39 is 11.6 Å². The van der Waals surface area contributed by atoms with Gasteiger partial charge in [-0.25, -0.2) is 0 Å². The summed E-state index contributed by atoms with van der Waals surface area (Å²) >= 11 is 0. The third-order valence-electron chi connectivity index (χ3n) is 5.91. The molecule has 0 amide bonds. The molecule has 0 fully saturated rings. The molecule has 0 saturated heterocycles. The number of benzene rings is 3. The third-order valence-corrected chi connectivity index (χ3v) is 5.91. The van der Waals surface area contributed by atoms with E-state index in [4.69, 9.17) is 18.9 Å². The second-order valence-corrected chi connectivity index (χ2v) is 9.09. The van der Waals surface area contributed by atoms with Crippen LogP contribution in [-0.4, -0.2) is 31.4 Å². The van der Waals surface area contributed by atoms with Gasteiger partial charge in [-0.2, -0.15) is 0 Å². The lowest BCUT2D eigenvalue weighted by Gasteiger charge is -2.32. The summed E-state index contributed by atoms with van der Waals surface area (Å²) in [4.78, 5) is 12.2. The summed E-state index contributed by atoms with van der Waals surface area (Å²) in [6.45, 7) is 14.1. The lowest BCUT2D eigenvalue weighted by Crippen LogP contribution is -2.48. The van der Waals surface area contributed by atoms with Crippen molar-refractivity contribution in [3.05, 3.63) is 126 Å². The molecule has 5 nitrogen and oxygen atoms in total. The maximum absolute atomic E-state index is 12.2. The minimum Gasteiger partial charge on any atom is -0.452 e. The predicted octanol–water partition coefficient (Wildman–Crippen LogP) is 6.87. The van der Waals surface area contributed by atoms with Crippen LogP contribution in [0.3, 0.4) is 0 Å². The summed E-state index contributed by atoms with van der Waals surface area (Å²) in [5, 5.41) is 0. The van der Waals surface area contributed by atoms with Crippen molar-refractivity contribution in [2.24, 2.45) is 0 Å². The van der Waals surface area contributed by atoms with Gasteiger partial charge in [-0.3, -0.25) is 4.79 Å². The van der Waals surface area contributed by atoms with Crippen LogP contribution in [-0.2, 0) is 43.6 Å². The number of hydrogen-bond acceptors (Lipinski definition) is 5. The first-order chi connectivity index (χ1) is 18.4. The van der Waals surface area contributed by atoms with E-state index in [2.05, 4.69) is 19.7 Å². The number of esters is 1. The van der Waals surface area contributed by atoms with Gasteiger partial charge >= 0.3 is 5.97 Å². The smallest absolute Gasteiger partial charge is 0.303 e. The van der Waals surface area contributed by atoms with Crippen molar-refractivity contribution in [2.45, 2.75) is 32.3 Å². The molecular weight excluding hydrogens is 476 g/mol. The molecule has 5 heteroatoms. The van der Waals surface area contributed by atoms with Gasteiger partial charge in [-0.1, -0.05) is 111 Å². The van der Waals surface area contributed by atoms with E-state index in [-0.39, 0.29) is 19.8 Å². The minimum atomic E-state index is -1.12. The van der Waals surface area contributed by atoms with Crippen LogP contribution in [0.15, 0.2) is 92.5 Å². The van der Waals surface area contributed by atoms with E-state index in [1.54, 1.807) is 18.2 Å². The average molecular weight is 513 g/mol. The van der Waals surface area contributed by atoms with Crippen molar-refractivity contribution < 1.29 is 23.7 Å². The summed E-state index contributed by atoms with van der Waals surface area (Å²) in [6.07, 6.45) is 5.38. The van der Waals surface area contributed by atoms with Gasteiger partial charge in [-0.05, 0) is 33.4 Å². The number of carbonyl (C=O) groups is 1. The lowest BCUT2D eigenvalue weighted by atomic mass is 10.1. The summed E-state index contributed by atoms with van der Waals surface area (Å²) < 4.78 is 23.9. The molecule has 3 rings (SSSR count). The van der Waals surface area contributed by atoms with Crippen LogP contribution in [0.5, 0.6) is 0 Å². The van der Waals surface area contributed by atoms with Gasteiger partial charge in [0.1, 0.15) is 0 Å². The van der Waals surface area contributed by atoms with E-state index in [1.807, 2.05) is 72.8 Å². The molecule has 0 saturated carbocycles. The molecular formula is C33H36O5. The molecule has 0 aliphatic carbocycles. The highest BCUT2D eigenvalue weighted by Gasteiger charge is 2.35. The average Bonchev–Trinajstić information content (AvgIpc) is 2.94. The van der Waals surface area contributed by atoms with Crippen LogP contribution in [0, 0.1) is 0 Å². The van der Waals surface area contributed by atoms with E-state index in [0.29, 0.717) is 19.8 Å². The van der Waals surface area contributed by atoms with Crippen LogP contribution >= 0.6 is 0 Å². The molecule has 0 N–H and O–H groups in total. The molecule has 0 aliphatic heterocycles. The first kappa shape index (κ1) is 28.8. The SMILES string of the molecule is C=Cc1ccc(COCC(COCc2ccc(C=C)cc2)(COCc2ccc(C=C)cc2)OC(C)=O)cc1. The number of ether oxygens (including phenoxy) is 4. The van der Waals surface area contributed by atoms with E-state index in [0.717, 1.165) is 33.4 Å². The zero-order valence-electron chi connectivity index (χ0n) is 22.1. The maximum atomic E-state index is 12.2. The summed E-state index contributed by atoms with van der Waals surface area (Å²) in [5.41, 5.74) is 4.98.